The van der Waals surface area contributed by atoms with Crippen molar-refractivity contribution in [2.45, 2.75) is 13.0 Å². The van der Waals surface area contributed by atoms with Crippen LogP contribution in [0.15, 0.2) is 12.8 Å². The van der Waals surface area contributed by atoms with E-state index in [1.165, 1.54) is 6.26 Å². The molecule has 0 aliphatic rings. The molecule has 0 aromatic rings. The van der Waals surface area contributed by atoms with E-state index >= 15 is 0 Å². The summed E-state index contributed by atoms with van der Waals surface area (Å²) in [6.07, 6.45) is 2.64. The predicted molar refractivity (Wildman–Crippen MR) is 39.3 cm³/mol. The number of rotatable bonds is 3. The third kappa shape index (κ3) is 3.19. The van der Waals surface area contributed by atoms with Gasteiger partial charge in [-0.1, -0.05) is 18.3 Å². The van der Waals surface area contributed by atoms with Crippen molar-refractivity contribution in [1.82, 2.24) is 0 Å². The zero-order chi connectivity index (χ0) is 7.28. The molecule has 52 valence electrons. The van der Waals surface area contributed by atoms with E-state index < -0.39 is 0 Å². The molecular weight excluding hydrogens is 136 g/mol. The maximum Gasteiger partial charge on any atom is 0.228 e. The minimum Gasteiger partial charge on any atom is -0.490 e. The van der Waals surface area contributed by atoms with Crippen LogP contribution < -0.4 is 0 Å². The zero-order valence-electron chi connectivity index (χ0n) is 5.59. The maximum atomic E-state index is 10.7. The first-order valence-electron chi connectivity index (χ1n) is 2.56. The lowest BCUT2D eigenvalue weighted by molar-refractivity contribution is -0.117. The number of hydrogen-bond donors (Lipinski definition) is 0. The Morgan fingerprint density at radius 1 is 1.89 bits per heavy atom. The van der Waals surface area contributed by atoms with Crippen LogP contribution in [-0.2, 0) is 9.53 Å². The van der Waals surface area contributed by atoms with Crippen molar-refractivity contribution in [3.05, 3.63) is 12.8 Å². The third-order valence-corrected chi connectivity index (χ3v) is 1.57. The predicted octanol–water partition coefficient (Wildman–Crippen LogP) is 1.42. The summed E-state index contributed by atoms with van der Waals surface area (Å²) in [7, 11) is 0. The molecule has 0 N–H and O–H groups in total. The molecule has 0 aromatic carbocycles. The Morgan fingerprint density at radius 2 is 2.44 bits per heavy atom. The van der Waals surface area contributed by atoms with Crippen molar-refractivity contribution in [3.63, 3.8) is 0 Å². The zero-order valence-corrected chi connectivity index (χ0v) is 6.40. The van der Waals surface area contributed by atoms with Gasteiger partial charge in [-0.2, -0.15) is 0 Å². The summed E-state index contributed by atoms with van der Waals surface area (Å²) in [6.45, 7) is 5.03. The van der Waals surface area contributed by atoms with Crippen LogP contribution in [0.1, 0.15) is 6.92 Å². The van der Waals surface area contributed by atoms with E-state index in [0.717, 1.165) is 11.8 Å². The van der Waals surface area contributed by atoms with Gasteiger partial charge in [0.05, 0.1) is 6.26 Å². The van der Waals surface area contributed by atoms with Gasteiger partial charge in [0, 0.05) is 0 Å². The first-order valence-corrected chi connectivity index (χ1v) is 3.79. The SMILES string of the molecule is C=COC(C)C(=O)SC. The fraction of sp³-hybridized carbons (Fsp3) is 0.500. The van der Waals surface area contributed by atoms with E-state index in [1.54, 1.807) is 13.2 Å². The van der Waals surface area contributed by atoms with Crippen LogP contribution >= 0.6 is 11.8 Å². The Bertz CT molecular complexity index is 112. The van der Waals surface area contributed by atoms with Crippen molar-refractivity contribution < 1.29 is 9.53 Å². The fourth-order valence-electron chi connectivity index (χ4n) is 0.366. The Labute approximate surface area is 59.3 Å². The fourth-order valence-corrected chi connectivity index (χ4v) is 0.753. The van der Waals surface area contributed by atoms with Crippen LogP contribution in [0, 0.1) is 0 Å². The van der Waals surface area contributed by atoms with Gasteiger partial charge in [0.25, 0.3) is 0 Å². The van der Waals surface area contributed by atoms with Crippen LogP contribution in [0.3, 0.4) is 0 Å². The summed E-state index contributed by atoms with van der Waals surface area (Å²) >= 11 is 1.16. The molecule has 0 fully saturated rings. The highest BCUT2D eigenvalue weighted by Gasteiger charge is 2.09. The second-order valence-electron chi connectivity index (χ2n) is 1.47. The highest BCUT2D eigenvalue weighted by molar-refractivity contribution is 8.13. The molecule has 0 heterocycles. The molecule has 3 heteroatoms. The Balaban J connectivity index is 3.58. The molecule has 0 spiro atoms. The Kier molecular flexibility index (Phi) is 4.22. The van der Waals surface area contributed by atoms with Gasteiger partial charge in [-0.25, -0.2) is 0 Å². The molecule has 0 saturated carbocycles. The molecule has 0 aliphatic carbocycles. The first-order chi connectivity index (χ1) is 4.22. The van der Waals surface area contributed by atoms with Crippen LogP contribution in [0.4, 0.5) is 0 Å². The van der Waals surface area contributed by atoms with Gasteiger partial charge in [0.1, 0.15) is 0 Å². The summed E-state index contributed by atoms with van der Waals surface area (Å²) in [6, 6.07) is 0. The highest BCUT2D eigenvalue weighted by Crippen LogP contribution is 2.03. The van der Waals surface area contributed by atoms with Crippen LogP contribution in [0.25, 0.3) is 0 Å². The Hall–Kier alpha value is -0.440. The van der Waals surface area contributed by atoms with E-state index in [0.29, 0.717) is 0 Å². The highest BCUT2D eigenvalue weighted by atomic mass is 32.2. The molecular formula is C6H10O2S. The van der Waals surface area contributed by atoms with Gasteiger partial charge in [-0.15, -0.1) is 0 Å². The lowest BCUT2D eigenvalue weighted by Crippen LogP contribution is -2.13. The average molecular weight is 146 g/mol. The summed E-state index contributed by atoms with van der Waals surface area (Å²) in [5, 5.41) is 0.0231. The molecule has 0 rings (SSSR count). The topological polar surface area (TPSA) is 26.3 Å². The third-order valence-electron chi connectivity index (χ3n) is 0.833. The number of carbonyl (C=O) groups excluding carboxylic acids is 1. The quantitative estimate of drug-likeness (QED) is 0.563. The molecule has 0 bridgehead atoms. The van der Waals surface area contributed by atoms with Crippen molar-refractivity contribution in [2.75, 3.05) is 6.26 Å². The monoisotopic (exact) mass is 146 g/mol. The van der Waals surface area contributed by atoms with Crippen molar-refractivity contribution in [1.29, 1.82) is 0 Å². The van der Waals surface area contributed by atoms with E-state index in [2.05, 4.69) is 6.58 Å². The van der Waals surface area contributed by atoms with Crippen LogP contribution in [0.5, 0.6) is 0 Å². The summed E-state index contributed by atoms with van der Waals surface area (Å²) in [5.41, 5.74) is 0. The molecule has 0 aliphatic heterocycles. The van der Waals surface area contributed by atoms with Crippen LogP contribution in [0.2, 0.25) is 0 Å². The van der Waals surface area contributed by atoms with Crippen molar-refractivity contribution in [2.24, 2.45) is 0 Å². The average Bonchev–Trinajstić information content (AvgIpc) is 1.87. The molecule has 1 unspecified atom stereocenters. The number of hydrogen-bond acceptors (Lipinski definition) is 3. The minimum atomic E-state index is -0.363. The summed E-state index contributed by atoms with van der Waals surface area (Å²) in [4.78, 5) is 10.7. The molecule has 9 heavy (non-hydrogen) atoms. The second-order valence-corrected chi connectivity index (χ2v) is 2.28. The van der Waals surface area contributed by atoms with Gasteiger partial charge in [-0.3, -0.25) is 4.79 Å². The number of ether oxygens (including phenoxy) is 1. The smallest absolute Gasteiger partial charge is 0.228 e. The minimum absolute atomic E-state index is 0.0231. The number of thioether (sulfide) groups is 1. The van der Waals surface area contributed by atoms with Crippen molar-refractivity contribution in [3.8, 4) is 0 Å². The molecule has 1 atom stereocenters. The first kappa shape index (κ1) is 8.56. The maximum absolute atomic E-state index is 10.7. The summed E-state index contributed by atoms with van der Waals surface area (Å²) in [5.74, 6) is 0. The normalized spacial score (nSPS) is 12.2. The van der Waals surface area contributed by atoms with E-state index in [1.807, 2.05) is 0 Å². The molecule has 2 nitrogen and oxygen atoms in total. The number of carbonyl (C=O) groups is 1. The van der Waals surface area contributed by atoms with Gasteiger partial charge >= 0.3 is 0 Å². The molecule has 0 amide bonds. The van der Waals surface area contributed by atoms with Crippen molar-refractivity contribution >= 4 is 16.9 Å². The van der Waals surface area contributed by atoms with Gasteiger partial charge < -0.3 is 4.74 Å². The lowest BCUT2D eigenvalue weighted by Gasteiger charge is -2.05. The van der Waals surface area contributed by atoms with Gasteiger partial charge in [-0.05, 0) is 13.2 Å². The molecule has 0 radical (unpaired) electrons. The molecule has 0 saturated heterocycles. The van der Waals surface area contributed by atoms with Gasteiger partial charge in [0.15, 0.2) is 6.10 Å². The van der Waals surface area contributed by atoms with Gasteiger partial charge in [0.2, 0.25) is 5.12 Å². The summed E-state index contributed by atoms with van der Waals surface area (Å²) < 4.78 is 4.79. The van der Waals surface area contributed by atoms with Crippen LogP contribution in [-0.4, -0.2) is 17.5 Å². The van der Waals surface area contributed by atoms with E-state index in [4.69, 9.17) is 4.74 Å². The molecule has 0 aromatic heterocycles. The standard InChI is InChI=1S/C6H10O2S/c1-4-8-5(2)6(7)9-3/h4-5H,1H2,2-3H3. The van der Waals surface area contributed by atoms with E-state index in [-0.39, 0.29) is 11.2 Å². The largest absolute Gasteiger partial charge is 0.490 e. The Morgan fingerprint density at radius 3 is 2.78 bits per heavy atom. The second kappa shape index (κ2) is 4.44. The lowest BCUT2D eigenvalue weighted by atomic mass is 10.5. The van der Waals surface area contributed by atoms with E-state index in [9.17, 15) is 4.79 Å².